The first-order valence-corrected chi connectivity index (χ1v) is 7.87. The Kier molecular flexibility index (Phi) is 5.47. The molecule has 0 bridgehead atoms. The number of rotatable bonds is 7. The number of carboxylic acid groups (broad SMARTS) is 1. The number of amides is 1. The van der Waals surface area contributed by atoms with Crippen LogP contribution in [0.5, 0.6) is 11.5 Å². The van der Waals surface area contributed by atoms with E-state index in [9.17, 15) is 9.59 Å². The Morgan fingerprint density at radius 2 is 1.91 bits per heavy atom. The molecule has 1 fully saturated rings. The highest BCUT2D eigenvalue weighted by molar-refractivity contribution is 5.95. The first-order chi connectivity index (χ1) is 10.9. The lowest BCUT2D eigenvalue weighted by molar-refractivity contribution is -0.139. The highest BCUT2D eigenvalue weighted by Gasteiger charge is 2.30. The van der Waals surface area contributed by atoms with Gasteiger partial charge in [-0.25, -0.2) is 4.79 Å². The first-order valence-electron chi connectivity index (χ1n) is 7.87. The lowest BCUT2D eigenvalue weighted by atomic mass is 10.00. The Bertz CT molecular complexity index is 578. The second kappa shape index (κ2) is 7.35. The molecule has 1 aromatic rings. The summed E-state index contributed by atoms with van der Waals surface area (Å²) >= 11 is 0. The van der Waals surface area contributed by atoms with E-state index in [0.29, 0.717) is 23.7 Å². The zero-order chi connectivity index (χ0) is 16.9. The molecule has 23 heavy (non-hydrogen) atoms. The van der Waals surface area contributed by atoms with Crippen molar-refractivity contribution in [1.82, 2.24) is 5.32 Å². The smallest absolute Gasteiger partial charge is 0.341 e. The molecule has 1 aliphatic carbocycles. The predicted molar refractivity (Wildman–Crippen MR) is 85.1 cm³/mol. The molecule has 1 amide bonds. The van der Waals surface area contributed by atoms with E-state index in [4.69, 9.17) is 14.6 Å². The lowest BCUT2D eigenvalue weighted by Gasteiger charge is -2.25. The highest BCUT2D eigenvalue weighted by atomic mass is 16.5. The van der Waals surface area contributed by atoms with Crippen LogP contribution in [-0.4, -0.2) is 35.7 Å². The van der Waals surface area contributed by atoms with Gasteiger partial charge < -0.3 is 19.9 Å². The van der Waals surface area contributed by atoms with Gasteiger partial charge in [-0.2, -0.15) is 0 Å². The summed E-state index contributed by atoms with van der Waals surface area (Å²) in [6.07, 6.45) is 4.22. The third-order valence-corrected chi connectivity index (χ3v) is 3.98. The molecule has 1 aliphatic rings. The molecule has 1 aromatic carbocycles. The van der Waals surface area contributed by atoms with Crippen LogP contribution in [0.1, 0.15) is 49.9 Å². The van der Waals surface area contributed by atoms with Crippen molar-refractivity contribution in [2.75, 3.05) is 13.2 Å². The molecule has 0 spiro atoms. The fourth-order valence-electron chi connectivity index (χ4n) is 2.80. The molecule has 2 N–H and O–H groups in total. The molecule has 6 nitrogen and oxygen atoms in total. The SMILES string of the molecule is CCOc1cc(C(=O)NC2(C)CCCC2)ccc1OCC(=O)O. The largest absolute Gasteiger partial charge is 0.490 e. The fraction of sp³-hybridized carbons (Fsp3) is 0.529. The van der Waals surface area contributed by atoms with E-state index in [1.807, 2.05) is 6.92 Å². The van der Waals surface area contributed by atoms with Gasteiger partial charge in [0.2, 0.25) is 0 Å². The molecule has 0 radical (unpaired) electrons. The summed E-state index contributed by atoms with van der Waals surface area (Å²) < 4.78 is 10.6. The summed E-state index contributed by atoms with van der Waals surface area (Å²) in [6.45, 7) is 3.81. The summed E-state index contributed by atoms with van der Waals surface area (Å²) in [4.78, 5) is 23.1. The lowest BCUT2D eigenvalue weighted by Crippen LogP contribution is -2.43. The number of ether oxygens (including phenoxy) is 2. The molecule has 126 valence electrons. The third-order valence-electron chi connectivity index (χ3n) is 3.98. The average Bonchev–Trinajstić information content (AvgIpc) is 2.92. The third kappa shape index (κ3) is 4.61. The molecular formula is C17H23NO5. The van der Waals surface area contributed by atoms with Gasteiger partial charge in [0.25, 0.3) is 5.91 Å². The average molecular weight is 321 g/mol. The molecule has 0 heterocycles. The van der Waals surface area contributed by atoms with E-state index in [-0.39, 0.29) is 11.4 Å². The van der Waals surface area contributed by atoms with E-state index < -0.39 is 12.6 Å². The van der Waals surface area contributed by atoms with Crippen LogP contribution in [-0.2, 0) is 4.79 Å². The van der Waals surface area contributed by atoms with Crippen LogP contribution >= 0.6 is 0 Å². The molecule has 0 aromatic heterocycles. The molecule has 0 saturated heterocycles. The number of hydrogen-bond acceptors (Lipinski definition) is 4. The van der Waals surface area contributed by atoms with Crippen molar-refractivity contribution in [1.29, 1.82) is 0 Å². The Hall–Kier alpha value is -2.24. The van der Waals surface area contributed by atoms with Gasteiger partial charge in [-0.15, -0.1) is 0 Å². The van der Waals surface area contributed by atoms with Crippen LogP contribution in [0.2, 0.25) is 0 Å². The van der Waals surface area contributed by atoms with Crippen molar-refractivity contribution in [3.05, 3.63) is 23.8 Å². The van der Waals surface area contributed by atoms with Gasteiger partial charge in [0.05, 0.1) is 6.61 Å². The van der Waals surface area contributed by atoms with Crippen molar-refractivity contribution >= 4 is 11.9 Å². The van der Waals surface area contributed by atoms with Crippen molar-refractivity contribution in [2.45, 2.75) is 45.1 Å². The maximum absolute atomic E-state index is 12.4. The predicted octanol–water partition coefficient (Wildman–Crippen LogP) is 2.61. The number of carbonyl (C=O) groups is 2. The monoisotopic (exact) mass is 321 g/mol. The van der Waals surface area contributed by atoms with Crippen LogP contribution in [0.25, 0.3) is 0 Å². The maximum atomic E-state index is 12.4. The number of carboxylic acids is 1. The van der Waals surface area contributed by atoms with Gasteiger partial charge >= 0.3 is 5.97 Å². The van der Waals surface area contributed by atoms with E-state index in [0.717, 1.165) is 25.7 Å². The van der Waals surface area contributed by atoms with Gasteiger partial charge in [-0.05, 0) is 44.9 Å². The second-order valence-corrected chi connectivity index (χ2v) is 6.00. The number of hydrogen-bond donors (Lipinski definition) is 2. The van der Waals surface area contributed by atoms with Gasteiger partial charge in [0, 0.05) is 11.1 Å². The minimum absolute atomic E-state index is 0.151. The van der Waals surface area contributed by atoms with E-state index in [1.165, 1.54) is 0 Å². The molecule has 1 saturated carbocycles. The number of benzene rings is 1. The van der Waals surface area contributed by atoms with Gasteiger partial charge in [-0.1, -0.05) is 12.8 Å². The topological polar surface area (TPSA) is 84.9 Å². The zero-order valence-electron chi connectivity index (χ0n) is 13.6. The normalized spacial score (nSPS) is 15.9. The second-order valence-electron chi connectivity index (χ2n) is 6.00. The maximum Gasteiger partial charge on any atom is 0.341 e. The van der Waals surface area contributed by atoms with Gasteiger partial charge in [-0.3, -0.25) is 4.79 Å². The fourth-order valence-corrected chi connectivity index (χ4v) is 2.80. The van der Waals surface area contributed by atoms with Crippen LogP contribution in [0.15, 0.2) is 18.2 Å². The van der Waals surface area contributed by atoms with Crippen LogP contribution in [0, 0.1) is 0 Å². The summed E-state index contributed by atoms with van der Waals surface area (Å²) in [6, 6.07) is 4.78. The summed E-state index contributed by atoms with van der Waals surface area (Å²) in [7, 11) is 0. The quantitative estimate of drug-likeness (QED) is 0.806. The standard InChI is InChI=1S/C17H23NO5/c1-3-22-14-10-12(6-7-13(14)23-11-15(19)20)16(21)18-17(2)8-4-5-9-17/h6-7,10H,3-5,8-9,11H2,1-2H3,(H,18,21)(H,19,20). The minimum atomic E-state index is -1.07. The Morgan fingerprint density at radius 1 is 1.22 bits per heavy atom. The number of carbonyl (C=O) groups excluding carboxylic acids is 1. The first kappa shape index (κ1) is 17.1. The summed E-state index contributed by atoms with van der Waals surface area (Å²) in [5.41, 5.74) is 0.325. The molecule has 0 unspecified atom stereocenters. The molecular weight excluding hydrogens is 298 g/mol. The van der Waals surface area contributed by atoms with Crippen molar-refractivity contribution in [2.24, 2.45) is 0 Å². The molecule has 0 atom stereocenters. The molecule has 0 aliphatic heterocycles. The minimum Gasteiger partial charge on any atom is -0.490 e. The highest BCUT2D eigenvalue weighted by Crippen LogP contribution is 2.31. The Morgan fingerprint density at radius 3 is 2.52 bits per heavy atom. The Balaban J connectivity index is 2.13. The van der Waals surface area contributed by atoms with Crippen molar-refractivity contribution in [3.8, 4) is 11.5 Å². The number of aliphatic carboxylic acids is 1. The van der Waals surface area contributed by atoms with Crippen LogP contribution in [0.4, 0.5) is 0 Å². The van der Waals surface area contributed by atoms with Crippen LogP contribution < -0.4 is 14.8 Å². The Labute approximate surface area is 135 Å². The van der Waals surface area contributed by atoms with Crippen molar-refractivity contribution < 1.29 is 24.2 Å². The summed E-state index contributed by atoms with van der Waals surface area (Å²) in [5, 5.41) is 11.8. The van der Waals surface area contributed by atoms with Crippen LogP contribution in [0.3, 0.4) is 0 Å². The van der Waals surface area contributed by atoms with E-state index >= 15 is 0 Å². The van der Waals surface area contributed by atoms with Gasteiger partial charge in [0.15, 0.2) is 18.1 Å². The molecule has 6 heteroatoms. The summed E-state index contributed by atoms with van der Waals surface area (Å²) in [5.74, 6) is -0.528. The van der Waals surface area contributed by atoms with Gasteiger partial charge in [0.1, 0.15) is 0 Å². The molecule has 2 rings (SSSR count). The number of nitrogens with one attached hydrogen (secondary N) is 1. The van der Waals surface area contributed by atoms with E-state index in [2.05, 4.69) is 12.2 Å². The van der Waals surface area contributed by atoms with Crippen molar-refractivity contribution in [3.63, 3.8) is 0 Å². The zero-order valence-corrected chi connectivity index (χ0v) is 13.6. The van der Waals surface area contributed by atoms with E-state index in [1.54, 1.807) is 18.2 Å².